The molecule has 2 rings (SSSR count). The van der Waals surface area contributed by atoms with E-state index in [1.807, 2.05) is 12.1 Å². The SMILES string of the molecule is O=C(NCCCOCc1ccco1)NC1CCC(O)CC1. The van der Waals surface area contributed by atoms with Crippen LogP contribution in [0.2, 0.25) is 0 Å². The Balaban J connectivity index is 1.45. The fourth-order valence-electron chi connectivity index (χ4n) is 2.40. The number of aliphatic hydroxyl groups excluding tert-OH is 1. The van der Waals surface area contributed by atoms with Crippen LogP contribution in [0.5, 0.6) is 0 Å². The highest BCUT2D eigenvalue weighted by atomic mass is 16.5. The number of furan rings is 1. The number of hydrogen-bond donors (Lipinski definition) is 3. The summed E-state index contributed by atoms with van der Waals surface area (Å²) < 4.78 is 10.6. The van der Waals surface area contributed by atoms with Crippen LogP contribution >= 0.6 is 0 Å². The lowest BCUT2D eigenvalue weighted by atomic mass is 9.93. The summed E-state index contributed by atoms with van der Waals surface area (Å²) in [5.41, 5.74) is 0. The maximum Gasteiger partial charge on any atom is 0.315 e. The van der Waals surface area contributed by atoms with Crippen LogP contribution in [0.25, 0.3) is 0 Å². The van der Waals surface area contributed by atoms with E-state index < -0.39 is 0 Å². The van der Waals surface area contributed by atoms with Crippen molar-refractivity contribution in [2.75, 3.05) is 13.2 Å². The van der Waals surface area contributed by atoms with Gasteiger partial charge in [-0.25, -0.2) is 4.79 Å². The van der Waals surface area contributed by atoms with E-state index in [-0.39, 0.29) is 18.2 Å². The summed E-state index contributed by atoms with van der Waals surface area (Å²) >= 11 is 0. The molecule has 1 fully saturated rings. The number of hydrogen-bond acceptors (Lipinski definition) is 4. The fourth-order valence-corrected chi connectivity index (χ4v) is 2.40. The Morgan fingerprint density at radius 3 is 2.90 bits per heavy atom. The monoisotopic (exact) mass is 296 g/mol. The van der Waals surface area contributed by atoms with Crippen LogP contribution in [0.3, 0.4) is 0 Å². The number of ether oxygens (including phenoxy) is 1. The van der Waals surface area contributed by atoms with E-state index in [2.05, 4.69) is 10.6 Å². The molecule has 1 aromatic rings. The van der Waals surface area contributed by atoms with Crippen LogP contribution in [-0.4, -0.2) is 36.4 Å². The molecule has 0 aliphatic heterocycles. The van der Waals surface area contributed by atoms with Gasteiger partial charge in [-0.05, 0) is 44.2 Å². The van der Waals surface area contributed by atoms with Crippen molar-refractivity contribution in [1.82, 2.24) is 10.6 Å². The molecule has 0 radical (unpaired) electrons. The summed E-state index contributed by atoms with van der Waals surface area (Å²) in [6.07, 6.45) is 5.42. The van der Waals surface area contributed by atoms with Crippen molar-refractivity contribution >= 4 is 6.03 Å². The van der Waals surface area contributed by atoms with Crippen molar-refractivity contribution in [3.05, 3.63) is 24.2 Å². The average Bonchev–Trinajstić information content (AvgIpc) is 2.98. The van der Waals surface area contributed by atoms with Gasteiger partial charge in [-0.2, -0.15) is 0 Å². The van der Waals surface area contributed by atoms with Crippen molar-refractivity contribution in [2.45, 2.75) is 50.9 Å². The molecule has 3 N–H and O–H groups in total. The predicted octanol–water partition coefficient (Wildman–Crippen LogP) is 1.79. The Bertz CT molecular complexity index is 400. The number of aliphatic hydroxyl groups is 1. The van der Waals surface area contributed by atoms with Gasteiger partial charge in [0.2, 0.25) is 0 Å². The lowest BCUT2D eigenvalue weighted by Crippen LogP contribution is -2.44. The molecular weight excluding hydrogens is 272 g/mol. The topological polar surface area (TPSA) is 83.7 Å². The average molecular weight is 296 g/mol. The minimum absolute atomic E-state index is 0.137. The summed E-state index contributed by atoms with van der Waals surface area (Å²) in [4.78, 5) is 11.7. The molecule has 0 saturated heterocycles. The number of rotatable bonds is 7. The maximum absolute atomic E-state index is 11.7. The number of urea groups is 1. The van der Waals surface area contributed by atoms with E-state index in [0.29, 0.717) is 19.8 Å². The van der Waals surface area contributed by atoms with Crippen molar-refractivity contribution in [1.29, 1.82) is 0 Å². The zero-order chi connectivity index (χ0) is 14.9. The molecule has 0 spiro atoms. The molecular formula is C15H24N2O4. The van der Waals surface area contributed by atoms with Crippen LogP contribution in [0.15, 0.2) is 22.8 Å². The first-order chi connectivity index (χ1) is 10.2. The van der Waals surface area contributed by atoms with Crippen LogP contribution in [0.4, 0.5) is 4.79 Å². The number of carbonyl (C=O) groups is 1. The largest absolute Gasteiger partial charge is 0.467 e. The molecule has 1 saturated carbocycles. The normalized spacial score (nSPS) is 22.0. The van der Waals surface area contributed by atoms with Gasteiger partial charge >= 0.3 is 6.03 Å². The second-order valence-electron chi connectivity index (χ2n) is 5.39. The van der Waals surface area contributed by atoms with Gasteiger partial charge in [-0.1, -0.05) is 0 Å². The van der Waals surface area contributed by atoms with Crippen LogP contribution in [0.1, 0.15) is 37.9 Å². The minimum Gasteiger partial charge on any atom is -0.467 e. The Kier molecular flexibility index (Phi) is 6.56. The number of nitrogens with one attached hydrogen (secondary N) is 2. The third kappa shape index (κ3) is 6.18. The quantitative estimate of drug-likeness (QED) is 0.670. The molecule has 0 bridgehead atoms. The van der Waals surface area contributed by atoms with E-state index in [1.54, 1.807) is 6.26 Å². The second-order valence-corrected chi connectivity index (χ2v) is 5.39. The molecule has 1 aliphatic rings. The summed E-state index contributed by atoms with van der Waals surface area (Å²) in [5, 5.41) is 15.2. The first-order valence-electron chi connectivity index (χ1n) is 7.56. The zero-order valence-corrected chi connectivity index (χ0v) is 12.2. The molecule has 2 amide bonds. The molecule has 6 heteroatoms. The summed E-state index contributed by atoms with van der Waals surface area (Å²) in [6, 6.07) is 3.74. The van der Waals surface area contributed by atoms with E-state index in [1.165, 1.54) is 0 Å². The highest BCUT2D eigenvalue weighted by Crippen LogP contribution is 2.17. The van der Waals surface area contributed by atoms with Crippen LogP contribution < -0.4 is 10.6 Å². The Hall–Kier alpha value is -1.53. The predicted molar refractivity (Wildman–Crippen MR) is 77.8 cm³/mol. The van der Waals surface area contributed by atoms with E-state index in [4.69, 9.17) is 9.15 Å². The first-order valence-corrected chi connectivity index (χ1v) is 7.56. The molecule has 0 atom stereocenters. The molecule has 1 aromatic heterocycles. The van der Waals surface area contributed by atoms with Gasteiger partial charge in [-0.15, -0.1) is 0 Å². The maximum atomic E-state index is 11.7. The third-order valence-electron chi connectivity index (χ3n) is 3.61. The van der Waals surface area contributed by atoms with Gasteiger partial charge < -0.3 is 24.9 Å². The smallest absolute Gasteiger partial charge is 0.315 e. The van der Waals surface area contributed by atoms with E-state index in [9.17, 15) is 9.90 Å². The second kappa shape index (κ2) is 8.69. The van der Waals surface area contributed by atoms with Gasteiger partial charge in [0, 0.05) is 19.2 Å². The van der Waals surface area contributed by atoms with Gasteiger partial charge in [0.1, 0.15) is 12.4 Å². The number of carbonyl (C=O) groups excluding carboxylic acids is 1. The summed E-state index contributed by atoms with van der Waals surface area (Å²) in [5.74, 6) is 0.806. The van der Waals surface area contributed by atoms with E-state index >= 15 is 0 Å². The Morgan fingerprint density at radius 1 is 1.38 bits per heavy atom. The zero-order valence-electron chi connectivity index (χ0n) is 12.2. The molecule has 1 heterocycles. The number of amides is 2. The van der Waals surface area contributed by atoms with Gasteiger partial charge in [0.15, 0.2) is 0 Å². The summed E-state index contributed by atoms with van der Waals surface area (Å²) in [7, 11) is 0. The van der Waals surface area contributed by atoms with Crippen LogP contribution in [0, 0.1) is 0 Å². The van der Waals surface area contributed by atoms with Crippen molar-refractivity contribution in [3.8, 4) is 0 Å². The molecule has 118 valence electrons. The first kappa shape index (κ1) is 15.9. The fraction of sp³-hybridized carbons (Fsp3) is 0.667. The van der Waals surface area contributed by atoms with Crippen molar-refractivity contribution in [3.63, 3.8) is 0 Å². The third-order valence-corrected chi connectivity index (χ3v) is 3.61. The van der Waals surface area contributed by atoms with Gasteiger partial charge in [0.25, 0.3) is 0 Å². The molecule has 1 aliphatic carbocycles. The lowest BCUT2D eigenvalue weighted by molar-refractivity contribution is 0.104. The summed E-state index contributed by atoms with van der Waals surface area (Å²) in [6.45, 7) is 1.62. The molecule has 0 aromatic carbocycles. The Labute approximate surface area is 124 Å². The molecule has 21 heavy (non-hydrogen) atoms. The minimum atomic E-state index is -0.197. The standard InChI is InChI=1S/C15H24N2O4/c18-13-6-4-12(5-7-13)17-15(19)16-8-2-9-20-11-14-3-1-10-21-14/h1,3,10,12-13,18H,2,4-9,11H2,(H2,16,17,19). The van der Waals surface area contributed by atoms with Gasteiger partial charge in [-0.3, -0.25) is 0 Å². The van der Waals surface area contributed by atoms with Crippen LogP contribution in [-0.2, 0) is 11.3 Å². The highest BCUT2D eigenvalue weighted by molar-refractivity contribution is 5.74. The van der Waals surface area contributed by atoms with Gasteiger partial charge in [0.05, 0.1) is 12.4 Å². The van der Waals surface area contributed by atoms with E-state index in [0.717, 1.165) is 37.9 Å². The van der Waals surface area contributed by atoms with Crippen molar-refractivity contribution in [2.24, 2.45) is 0 Å². The molecule has 6 nitrogen and oxygen atoms in total. The molecule has 0 unspecified atom stereocenters. The highest BCUT2D eigenvalue weighted by Gasteiger charge is 2.20. The lowest BCUT2D eigenvalue weighted by Gasteiger charge is -2.26. The Morgan fingerprint density at radius 2 is 2.19 bits per heavy atom. The van der Waals surface area contributed by atoms with Crippen molar-refractivity contribution < 1.29 is 19.1 Å².